The lowest BCUT2D eigenvalue weighted by Crippen LogP contribution is -2.21. The third kappa shape index (κ3) is 4.96. The first kappa shape index (κ1) is 25.4. The van der Waals surface area contributed by atoms with Crippen LogP contribution in [0.2, 0.25) is 5.02 Å². The fourth-order valence-electron chi connectivity index (χ4n) is 3.75. The van der Waals surface area contributed by atoms with E-state index in [2.05, 4.69) is 25.1 Å². The molecule has 0 amide bonds. The number of aromatic nitrogens is 3. The maximum atomic E-state index is 14.6. The van der Waals surface area contributed by atoms with Crippen molar-refractivity contribution in [1.29, 1.82) is 0 Å². The maximum Gasteiger partial charge on any atom is 0.262 e. The molecule has 2 aromatic heterocycles. The van der Waals surface area contributed by atoms with E-state index in [9.17, 15) is 18.3 Å². The minimum absolute atomic E-state index is 0.0394. The summed E-state index contributed by atoms with van der Waals surface area (Å²) in [6.45, 7) is 11.9. The number of hydrogen-bond donors (Lipinski definition) is 2. The van der Waals surface area contributed by atoms with Gasteiger partial charge in [0, 0.05) is 28.9 Å². The van der Waals surface area contributed by atoms with Crippen molar-refractivity contribution >= 4 is 33.9 Å². The highest BCUT2D eigenvalue weighted by molar-refractivity contribution is 6.35. The number of anilines is 1. The molecule has 0 aliphatic rings. The van der Waals surface area contributed by atoms with E-state index in [4.69, 9.17) is 18.2 Å². The molecule has 0 aliphatic heterocycles. The van der Waals surface area contributed by atoms with Gasteiger partial charge in [-0.15, -0.1) is 0 Å². The van der Waals surface area contributed by atoms with Crippen LogP contribution in [0, 0.1) is 19.3 Å². The van der Waals surface area contributed by atoms with Gasteiger partial charge in [-0.3, -0.25) is 4.98 Å². The van der Waals surface area contributed by atoms with Crippen molar-refractivity contribution in [3.63, 3.8) is 0 Å². The molecule has 0 spiro atoms. The van der Waals surface area contributed by atoms with Gasteiger partial charge in [0.1, 0.15) is 17.5 Å². The molecule has 0 unspecified atom stereocenters. The number of rotatable bonds is 6. The Bertz CT molecular complexity index is 1480. The summed E-state index contributed by atoms with van der Waals surface area (Å²) < 4.78 is 43.0. The standard InChI is InChI=1S/C26H21ClF3N5O/c1-13-21(27)22(35-23(24(29)30)17-10-16(31-4)6-7-19(17)28)18-9-14(5-8-20(18)34-13)15-11-32-25(33-12-15)26(2,3)36/h5-12,23-24,36H,1-3H3,(H,34,35)/t23-/m1/s1. The number of nitrogens with one attached hydrogen (secondary N) is 1. The van der Waals surface area contributed by atoms with E-state index in [0.717, 1.165) is 12.1 Å². The number of aliphatic hydroxyl groups is 1. The average Bonchev–Trinajstić information content (AvgIpc) is 2.84. The Hall–Kier alpha value is -3.74. The third-order valence-electron chi connectivity index (χ3n) is 5.62. The van der Waals surface area contributed by atoms with Gasteiger partial charge in [0.15, 0.2) is 11.5 Å². The highest BCUT2D eigenvalue weighted by Crippen LogP contribution is 2.39. The number of nitrogens with zero attached hydrogens (tertiary/aromatic N) is 4. The molecule has 0 fully saturated rings. The zero-order valence-electron chi connectivity index (χ0n) is 19.5. The van der Waals surface area contributed by atoms with Crippen LogP contribution in [0.5, 0.6) is 0 Å². The van der Waals surface area contributed by atoms with Crippen LogP contribution in [0.25, 0.3) is 26.9 Å². The summed E-state index contributed by atoms with van der Waals surface area (Å²) in [5.74, 6) is -0.616. The number of benzene rings is 2. The van der Waals surface area contributed by atoms with Gasteiger partial charge in [0.25, 0.3) is 6.43 Å². The van der Waals surface area contributed by atoms with Crippen molar-refractivity contribution in [2.45, 2.75) is 38.8 Å². The lowest BCUT2D eigenvalue weighted by molar-refractivity contribution is 0.0687. The topological polar surface area (TPSA) is 75.3 Å². The van der Waals surface area contributed by atoms with Gasteiger partial charge in [-0.05, 0) is 50.6 Å². The van der Waals surface area contributed by atoms with Crippen molar-refractivity contribution in [1.82, 2.24) is 15.0 Å². The van der Waals surface area contributed by atoms with Crippen LogP contribution in [0.3, 0.4) is 0 Å². The lowest BCUT2D eigenvalue weighted by atomic mass is 10.0. The number of fused-ring (bicyclic) bond motifs is 1. The van der Waals surface area contributed by atoms with E-state index in [0.29, 0.717) is 27.7 Å². The first-order valence-electron chi connectivity index (χ1n) is 10.9. The van der Waals surface area contributed by atoms with Crippen LogP contribution < -0.4 is 5.32 Å². The van der Waals surface area contributed by atoms with Gasteiger partial charge in [-0.25, -0.2) is 28.0 Å². The second-order valence-corrected chi connectivity index (χ2v) is 9.12. The molecule has 0 saturated heterocycles. The SMILES string of the molecule is [C-]#[N+]c1ccc(F)c([C@@H](Nc2c(Cl)c(C)nc3ccc(-c4cnc(C(C)(C)O)nc4)cc23)C(F)F)c1. The summed E-state index contributed by atoms with van der Waals surface area (Å²) in [4.78, 5) is 16.1. The highest BCUT2D eigenvalue weighted by atomic mass is 35.5. The van der Waals surface area contributed by atoms with Crippen LogP contribution in [0.15, 0.2) is 48.8 Å². The van der Waals surface area contributed by atoms with Crippen LogP contribution in [-0.4, -0.2) is 26.5 Å². The molecule has 1 atom stereocenters. The second-order valence-electron chi connectivity index (χ2n) is 8.75. The van der Waals surface area contributed by atoms with Crippen LogP contribution in [0.4, 0.5) is 24.5 Å². The summed E-state index contributed by atoms with van der Waals surface area (Å²) in [7, 11) is 0. The summed E-state index contributed by atoms with van der Waals surface area (Å²) in [6.07, 6.45) is 0.0849. The van der Waals surface area contributed by atoms with E-state index in [-0.39, 0.29) is 27.8 Å². The van der Waals surface area contributed by atoms with Crippen molar-refractivity contribution in [2.24, 2.45) is 0 Å². The van der Waals surface area contributed by atoms with Crippen molar-refractivity contribution in [3.05, 3.63) is 88.1 Å². The predicted octanol–water partition coefficient (Wildman–Crippen LogP) is 6.99. The van der Waals surface area contributed by atoms with Gasteiger partial charge in [0.05, 0.1) is 28.5 Å². The summed E-state index contributed by atoms with van der Waals surface area (Å²) >= 11 is 6.51. The van der Waals surface area contributed by atoms with Gasteiger partial charge < -0.3 is 10.4 Å². The number of hydrogen-bond acceptors (Lipinski definition) is 5. The summed E-state index contributed by atoms with van der Waals surface area (Å²) in [6, 6.07) is 6.74. The molecule has 10 heteroatoms. The molecule has 2 aromatic carbocycles. The Morgan fingerprint density at radius 2 is 1.78 bits per heavy atom. The minimum Gasteiger partial charge on any atom is -0.382 e. The first-order chi connectivity index (χ1) is 17.0. The smallest absolute Gasteiger partial charge is 0.262 e. The average molecular weight is 512 g/mol. The fraction of sp³-hybridized carbons (Fsp3) is 0.231. The van der Waals surface area contributed by atoms with Crippen molar-refractivity contribution < 1.29 is 18.3 Å². The van der Waals surface area contributed by atoms with Crippen molar-refractivity contribution in [2.75, 3.05) is 5.32 Å². The summed E-state index contributed by atoms with van der Waals surface area (Å²) in [5, 5.41) is 13.4. The van der Waals surface area contributed by atoms with E-state index in [1.165, 1.54) is 6.07 Å². The van der Waals surface area contributed by atoms with E-state index < -0.39 is 23.9 Å². The van der Waals surface area contributed by atoms with Gasteiger partial charge >= 0.3 is 0 Å². The molecular formula is C26H21ClF3N5O. The normalized spacial score (nSPS) is 12.6. The van der Waals surface area contributed by atoms with Crippen LogP contribution in [-0.2, 0) is 5.60 Å². The van der Waals surface area contributed by atoms with E-state index >= 15 is 0 Å². The maximum absolute atomic E-state index is 14.6. The predicted molar refractivity (Wildman–Crippen MR) is 133 cm³/mol. The minimum atomic E-state index is -3.01. The largest absolute Gasteiger partial charge is 0.382 e. The molecule has 4 rings (SSSR count). The van der Waals surface area contributed by atoms with Gasteiger partial charge in [0.2, 0.25) is 0 Å². The van der Waals surface area contributed by atoms with E-state index in [1.807, 2.05) is 0 Å². The Kier molecular flexibility index (Phi) is 6.85. The Morgan fingerprint density at radius 1 is 1.08 bits per heavy atom. The number of aryl methyl sites for hydroxylation is 1. The molecule has 0 saturated carbocycles. The second kappa shape index (κ2) is 9.72. The monoisotopic (exact) mass is 511 g/mol. The highest BCUT2D eigenvalue weighted by Gasteiger charge is 2.28. The molecule has 184 valence electrons. The van der Waals surface area contributed by atoms with Crippen LogP contribution in [0.1, 0.15) is 37.0 Å². The Labute approximate surface area is 210 Å². The molecule has 6 nitrogen and oxygen atoms in total. The number of alkyl halides is 2. The Morgan fingerprint density at radius 3 is 2.39 bits per heavy atom. The van der Waals surface area contributed by atoms with E-state index in [1.54, 1.807) is 51.4 Å². The van der Waals surface area contributed by atoms with Crippen LogP contribution >= 0.6 is 11.6 Å². The zero-order chi connectivity index (χ0) is 26.2. The number of halogens is 4. The molecular weight excluding hydrogens is 491 g/mol. The Balaban J connectivity index is 1.84. The quantitative estimate of drug-likeness (QED) is 0.273. The lowest BCUT2D eigenvalue weighted by Gasteiger charge is -2.23. The fourth-order valence-corrected chi connectivity index (χ4v) is 3.95. The molecule has 2 N–H and O–H groups in total. The first-order valence-corrected chi connectivity index (χ1v) is 11.2. The molecule has 0 aliphatic carbocycles. The van der Waals surface area contributed by atoms with Gasteiger partial charge in [-0.2, -0.15) is 0 Å². The zero-order valence-corrected chi connectivity index (χ0v) is 20.3. The molecule has 0 bridgehead atoms. The molecule has 2 heterocycles. The molecule has 36 heavy (non-hydrogen) atoms. The molecule has 4 aromatic rings. The summed E-state index contributed by atoms with van der Waals surface area (Å²) in [5.41, 5.74) is 0.812. The van der Waals surface area contributed by atoms with Gasteiger partial charge in [-0.1, -0.05) is 23.7 Å². The number of pyridine rings is 1. The third-order valence-corrected chi connectivity index (χ3v) is 6.08. The van der Waals surface area contributed by atoms with Crippen molar-refractivity contribution in [3.8, 4) is 11.1 Å². The molecule has 0 radical (unpaired) electrons.